The minimum Gasteiger partial charge on any atom is -0.546 e. The molecule has 2 aliphatic rings. The zero-order valence-corrected chi connectivity index (χ0v) is 23.6. The van der Waals surface area contributed by atoms with Gasteiger partial charge in [0.25, 0.3) is 0 Å². The number of amides is 1. The molecule has 1 aliphatic heterocycles. The first-order valence-corrected chi connectivity index (χ1v) is 14.9. The first-order valence-electron chi connectivity index (χ1n) is 12.0. The zero-order chi connectivity index (χ0) is 27.0. The van der Waals surface area contributed by atoms with Gasteiger partial charge in [-0.3, -0.25) is 4.79 Å². The molecule has 1 saturated heterocycles. The molecule has 9 heteroatoms. The maximum atomic E-state index is 13.1. The molecule has 3 rings (SSSR count). The number of esters is 2. The van der Waals surface area contributed by atoms with Gasteiger partial charge in [-0.05, 0) is 48.5 Å². The Morgan fingerprint density at radius 3 is 2.08 bits per heavy atom. The molecule has 8 nitrogen and oxygen atoms in total. The summed E-state index contributed by atoms with van der Waals surface area (Å²) in [6.45, 7) is 12.5. The third-order valence-corrected chi connectivity index (χ3v) is 11.9. The van der Waals surface area contributed by atoms with Gasteiger partial charge in [-0.25, -0.2) is 9.59 Å². The Hall–Kier alpha value is -3.07. The van der Waals surface area contributed by atoms with Gasteiger partial charge < -0.3 is 23.5 Å². The van der Waals surface area contributed by atoms with Gasteiger partial charge in [-0.2, -0.15) is 0 Å². The third-order valence-electron chi connectivity index (χ3n) is 7.56. The van der Waals surface area contributed by atoms with Gasteiger partial charge in [0.2, 0.25) is 14.2 Å². The number of carbonyl (C=O) groups is 3. The lowest BCUT2D eigenvalue weighted by Gasteiger charge is -2.50. The van der Waals surface area contributed by atoms with Crippen LogP contribution in [0.15, 0.2) is 47.2 Å². The molecule has 1 aromatic rings. The number of carbonyl (C=O) groups excluding carboxylic acids is 3. The highest BCUT2D eigenvalue weighted by Crippen LogP contribution is 2.46. The molecular formula is C27H37NO7Si. The van der Waals surface area contributed by atoms with Crippen molar-refractivity contribution < 1.29 is 33.0 Å². The van der Waals surface area contributed by atoms with Gasteiger partial charge in [0, 0.05) is 18.0 Å². The largest absolute Gasteiger partial charge is 0.546 e. The Morgan fingerprint density at radius 1 is 1.00 bits per heavy atom. The standard InChI is InChI=1S/C27H37NO7Si/c1-16-23(28(24(16)29)17-10-12-18(32-5)13-11-17)20-14-19(35-36(8,9)27(2,3)4)15-21(25(30)33-6)22(20)26(31)34-7/h10-14,16,20,23H,15H2,1-9H3/t16-,20+,23-/m0/s1. The van der Waals surface area contributed by atoms with E-state index in [1.165, 1.54) is 14.2 Å². The van der Waals surface area contributed by atoms with Crippen molar-refractivity contribution in [2.24, 2.45) is 11.8 Å². The highest BCUT2D eigenvalue weighted by atomic mass is 28.4. The van der Waals surface area contributed by atoms with Crippen LogP contribution < -0.4 is 9.64 Å². The first-order chi connectivity index (χ1) is 16.8. The lowest BCUT2D eigenvalue weighted by atomic mass is 9.72. The molecule has 0 bridgehead atoms. The summed E-state index contributed by atoms with van der Waals surface area (Å²) in [7, 11) is 1.88. The van der Waals surface area contributed by atoms with Crippen molar-refractivity contribution in [3.8, 4) is 5.75 Å². The van der Waals surface area contributed by atoms with Crippen LogP contribution in [0.4, 0.5) is 5.69 Å². The monoisotopic (exact) mass is 515 g/mol. The number of rotatable bonds is 7. The zero-order valence-electron chi connectivity index (χ0n) is 22.6. The van der Waals surface area contributed by atoms with Crippen LogP contribution in [0.25, 0.3) is 0 Å². The molecule has 196 valence electrons. The molecule has 0 spiro atoms. The second-order valence-electron chi connectivity index (χ2n) is 10.8. The van der Waals surface area contributed by atoms with Gasteiger partial charge >= 0.3 is 11.9 Å². The summed E-state index contributed by atoms with van der Waals surface area (Å²) in [6, 6.07) is 6.75. The lowest BCUT2D eigenvalue weighted by Crippen LogP contribution is -2.64. The molecule has 36 heavy (non-hydrogen) atoms. The Morgan fingerprint density at radius 2 is 1.58 bits per heavy atom. The van der Waals surface area contributed by atoms with Crippen molar-refractivity contribution in [1.82, 2.24) is 0 Å². The number of nitrogens with zero attached hydrogens (tertiary/aromatic N) is 1. The number of hydrogen-bond donors (Lipinski definition) is 0. The van der Waals surface area contributed by atoms with Gasteiger partial charge in [0.1, 0.15) is 5.75 Å². The molecule has 1 aromatic carbocycles. The van der Waals surface area contributed by atoms with Gasteiger partial charge in [-0.15, -0.1) is 0 Å². The maximum absolute atomic E-state index is 13.1. The molecule has 1 fully saturated rings. The van der Waals surface area contributed by atoms with Crippen LogP contribution in [0.1, 0.15) is 34.1 Å². The van der Waals surface area contributed by atoms with E-state index in [1.54, 1.807) is 36.3 Å². The van der Waals surface area contributed by atoms with E-state index in [9.17, 15) is 14.4 Å². The van der Waals surface area contributed by atoms with Crippen LogP contribution in [0.3, 0.4) is 0 Å². The maximum Gasteiger partial charge on any atom is 0.334 e. The normalized spacial score (nSPS) is 22.5. The Kier molecular flexibility index (Phi) is 7.74. The summed E-state index contributed by atoms with van der Waals surface area (Å²) in [6.07, 6.45) is 2.01. The topological polar surface area (TPSA) is 91.4 Å². The smallest absolute Gasteiger partial charge is 0.334 e. The fourth-order valence-electron chi connectivity index (χ4n) is 4.48. The molecule has 0 radical (unpaired) electrons. The van der Waals surface area contributed by atoms with Crippen LogP contribution >= 0.6 is 0 Å². The number of allylic oxidation sites excluding steroid dienone is 1. The SMILES string of the molecule is COC(=O)C1=C(C(=O)OC)[C@H]([C@@H]2[C@H](C)C(=O)N2c2ccc(OC)cc2)C=C(O[Si](C)(C)C(C)(C)C)C1. The highest BCUT2D eigenvalue weighted by molar-refractivity contribution is 6.74. The number of anilines is 1. The lowest BCUT2D eigenvalue weighted by molar-refractivity contribution is -0.140. The van der Waals surface area contributed by atoms with E-state index in [0.717, 1.165) is 0 Å². The average molecular weight is 516 g/mol. The molecule has 0 aromatic heterocycles. The van der Waals surface area contributed by atoms with E-state index in [0.29, 0.717) is 17.2 Å². The summed E-state index contributed by atoms with van der Waals surface area (Å²) in [5.74, 6) is -1.03. The summed E-state index contributed by atoms with van der Waals surface area (Å²) in [5, 5.41) is -0.0734. The second-order valence-corrected chi connectivity index (χ2v) is 15.5. The number of β-lactam (4-membered cyclic amide) rings is 1. The predicted molar refractivity (Wildman–Crippen MR) is 139 cm³/mol. The average Bonchev–Trinajstić information content (AvgIpc) is 2.84. The van der Waals surface area contributed by atoms with Crippen LogP contribution in [0, 0.1) is 11.8 Å². The van der Waals surface area contributed by atoms with Crippen LogP contribution in [-0.2, 0) is 28.3 Å². The summed E-state index contributed by atoms with van der Waals surface area (Å²) in [4.78, 5) is 40.7. The number of benzene rings is 1. The summed E-state index contributed by atoms with van der Waals surface area (Å²) in [5.41, 5.74) is 1.08. The van der Waals surface area contributed by atoms with Crippen molar-refractivity contribution in [2.45, 2.75) is 58.3 Å². The molecule has 0 N–H and O–H groups in total. The van der Waals surface area contributed by atoms with Gasteiger partial charge in [0.05, 0.1) is 50.2 Å². The predicted octanol–water partition coefficient (Wildman–Crippen LogP) is 4.61. The van der Waals surface area contributed by atoms with Crippen molar-refractivity contribution in [3.63, 3.8) is 0 Å². The van der Waals surface area contributed by atoms with E-state index >= 15 is 0 Å². The van der Waals surface area contributed by atoms with Crippen LogP contribution in [-0.4, -0.2) is 53.5 Å². The fraction of sp³-hybridized carbons (Fsp3) is 0.519. The van der Waals surface area contributed by atoms with Crippen LogP contribution in [0.2, 0.25) is 18.1 Å². The number of ether oxygens (including phenoxy) is 3. The van der Waals surface area contributed by atoms with Crippen molar-refractivity contribution in [2.75, 3.05) is 26.2 Å². The Balaban J connectivity index is 2.14. The fourth-order valence-corrected chi connectivity index (χ4v) is 5.58. The van der Waals surface area contributed by atoms with E-state index in [2.05, 4.69) is 33.9 Å². The van der Waals surface area contributed by atoms with Crippen LogP contribution in [0.5, 0.6) is 5.75 Å². The molecule has 0 saturated carbocycles. The number of hydrogen-bond acceptors (Lipinski definition) is 7. The van der Waals surface area contributed by atoms with Gasteiger partial charge in [0.15, 0.2) is 0 Å². The highest BCUT2D eigenvalue weighted by Gasteiger charge is 2.53. The number of methoxy groups -OCH3 is 3. The van der Waals surface area contributed by atoms with E-state index in [1.807, 2.05) is 13.0 Å². The van der Waals surface area contributed by atoms with Crippen molar-refractivity contribution >= 4 is 31.9 Å². The molecule has 1 aliphatic carbocycles. The molecule has 1 heterocycles. The quantitative estimate of drug-likeness (QED) is 0.297. The molecule has 0 unspecified atom stereocenters. The first kappa shape index (κ1) is 27.5. The Labute approximate surface area is 214 Å². The Bertz CT molecular complexity index is 1100. The minimum atomic E-state index is -2.26. The van der Waals surface area contributed by atoms with E-state index in [4.69, 9.17) is 18.6 Å². The molecular weight excluding hydrogens is 478 g/mol. The molecule has 3 atom stereocenters. The minimum absolute atomic E-state index is 0.0696. The van der Waals surface area contributed by atoms with Crippen molar-refractivity contribution in [3.05, 3.63) is 47.2 Å². The molecule has 1 amide bonds. The van der Waals surface area contributed by atoms with Crippen molar-refractivity contribution in [1.29, 1.82) is 0 Å². The van der Waals surface area contributed by atoms with E-state index < -0.39 is 32.2 Å². The van der Waals surface area contributed by atoms with E-state index in [-0.39, 0.29) is 34.4 Å². The third kappa shape index (κ3) is 4.93. The van der Waals surface area contributed by atoms with Gasteiger partial charge in [-0.1, -0.05) is 27.7 Å². The summed E-state index contributed by atoms with van der Waals surface area (Å²) >= 11 is 0. The second kappa shape index (κ2) is 10.1. The summed E-state index contributed by atoms with van der Waals surface area (Å²) < 4.78 is 22.0.